The number of halogens is 2. The minimum Gasteiger partial charge on any atom is -0.356 e. The number of pyridine rings is 1. The lowest BCUT2D eigenvalue weighted by molar-refractivity contribution is -0.119. The fraction of sp³-hybridized carbons (Fsp3) is 0.417. The number of piperidine rings is 1. The van der Waals surface area contributed by atoms with Crippen molar-refractivity contribution < 1.29 is 9.18 Å². The van der Waals surface area contributed by atoms with Crippen molar-refractivity contribution in [2.24, 2.45) is 18.9 Å². The molecule has 5 rings (SSSR count). The van der Waals surface area contributed by atoms with Crippen molar-refractivity contribution in [3.05, 3.63) is 51.3 Å². The molecule has 1 N–H and O–H groups in total. The molecule has 2 atom stereocenters. The average molecular weight is 470 g/mol. The number of aromatic nitrogens is 3. The maximum atomic E-state index is 14.9. The van der Waals surface area contributed by atoms with Gasteiger partial charge in [0.05, 0.1) is 16.6 Å². The first-order chi connectivity index (χ1) is 15.8. The number of benzene rings is 1. The average Bonchev–Trinajstić information content (AvgIpc) is 3.23. The molecule has 0 bridgehead atoms. The number of rotatable bonds is 3. The molecule has 2 aliphatic rings. The van der Waals surface area contributed by atoms with Crippen LogP contribution in [0.4, 0.5) is 10.2 Å². The van der Waals surface area contributed by atoms with E-state index in [4.69, 9.17) is 16.6 Å². The highest BCUT2D eigenvalue weighted by Crippen LogP contribution is 2.34. The molecule has 2 aliphatic heterocycles. The predicted molar refractivity (Wildman–Crippen MR) is 126 cm³/mol. The van der Waals surface area contributed by atoms with Gasteiger partial charge in [-0.25, -0.2) is 14.4 Å². The third kappa shape index (κ3) is 3.97. The van der Waals surface area contributed by atoms with Gasteiger partial charge in [0.1, 0.15) is 17.5 Å². The Hall–Kier alpha value is -3.00. The van der Waals surface area contributed by atoms with E-state index in [1.807, 2.05) is 6.07 Å². The van der Waals surface area contributed by atoms with Crippen LogP contribution in [0.1, 0.15) is 25.1 Å². The first kappa shape index (κ1) is 21.8. The molecule has 0 spiro atoms. The third-order valence-corrected chi connectivity index (χ3v) is 7.15. The standard InChI is InChI=1S/C24H25ClFN5O2/c1-13-28-19-10-20(31-7-3-4-14(12-31)15-8-21(32)27-11-15)29-23(22(19)24(33)30(13)2)17-6-5-16(25)9-18(17)26/h5-6,9-10,14-15H,3-4,7-8,11-12H2,1-2H3,(H,27,32)/t14-,15?/m1/s1. The maximum absolute atomic E-state index is 14.9. The highest BCUT2D eigenvalue weighted by molar-refractivity contribution is 6.30. The monoisotopic (exact) mass is 469 g/mol. The fourth-order valence-electron chi connectivity index (χ4n) is 4.98. The summed E-state index contributed by atoms with van der Waals surface area (Å²) in [7, 11) is 1.65. The van der Waals surface area contributed by atoms with Gasteiger partial charge in [-0.3, -0.25) is 14.2 Å². The number of fused-ring (bicyclic) bond motifs is 1. The number of anilines is 1. The van der Waals surface area contributed by atoms with Crippen molar-refractivity contribution in [2.75, 3.05) is 24.5 Å². The molecule has 33 heavy (non-hydrogen) atoms. The van der Waals surface area contributed by atoms with Crippen LogP contribution in [-0.2, 0) is 11.8 Å². The summed E-state index contributed by atoms with van der Waals surface area (Å²) in [6.07, 6.45) is 2.59. The van der Waals surface area contributed by atoms with Crippen molar-refractivity contribution in [3.8, 4) is 11.3 Å². The third-order valence-electron chi connectivity index (χ3n) is 6.92. The van der Waals surface area contributed by atoms with E-state index in [9.17, 15) is 14.0 Å². The fourth-order valence-corrected chi connectivity index (χ4v) is 5.14. The van der Waals surface area contributed by atoms with Crippen molar-refractivity contribution in [1.82, 2.24) is 19.9 Å². The largest absolute Gasteiger partial charge is 0.356 e. The van der Waals surface area contributed by atoms with Crippen molar-refractivity contribution in [1.29, 1.82) is 0 Å². The van der Waals surface area contributed by atoms with E-state index in [0.29, 0.717) is 42.0 Å². The zero-order chi connectivity index (χ0) is 23.3. The van der Waals surface area contributed by atoms with Gasteiger partial charge in [0.2, 0.25) is 5.91 Å². The first-order valence-corrected chi connectivity index (χ1v) is 11.5. The van der Waals surface area contributed by atoms with E-state index < -0.39 is 5.82 Å². The lowest BCUT2D eigenvalue weighted by atomic mass is 9.85. The minimum atomic E-state index is -0.539. The molecule has 0 radical (unpaired) electrons. The molecule has 1 aromatic carbocycles. The van der Waals surface area contributed by atoms with Gasteiger partial charge in [-0.2, -0.15) is 0 Å². The number of nitrogens with one attached hydrogen (secondary N) is 1. The van der Waals surface area contributed by atoms with E-state index in [1.165, 1.54) is 10.6 Å². The molecule has 2 fully saturated rings. The molecule has 7 nitrogen and oxygen atoms in total. The molecule has 0 aliphatic carbocycles. The lowest BCUT2D eigenvalue weighted by Gasteiger charge is -2.36. The van der Waals surface area contributed by atoms with E-state index in [-0.39, 0.29) is 33.1 Å². The second kappa shape index (κ2) is 8.41. The highest BCUT2D eigenvalue weighted by atomic mass is 35.5. The number of aryl methyl sites for hydroxylation is 1. The Labute approximate surface area is 195 Å². The second-order valence-electron chi connectivity index (χ2n) is 8.99. The summed E-state index contributed by atoms with van der Waals surface area (Å²) >= 11 is 5.97. The molecule has 172 valence electrons. The summed E-state index contributed by atoms with van der Waals surface area (Å²) in [5.74, 6) is 1.47. The van der Waals surface area contributed by atoms with Crippen molar-refractivity contribution in [2.45, 2.75) is 26.2 Å². The summed E-state index contributed by atoms with van der Waals surface area (Å²) in [6, 6.07) is 6.19. The van der Waals surface area contributed by atoms with Crippen LogP contribution in [-0.4, -0.2) is 40.1 Å². The van der Waals surface area contributed by atoms with Gasteiger partial charge in [0.15, 0.2) is 0 Å². The number of carbonyl (C=O) groups excluding carboxylic acids is 1. The van der Waals surface area contributed by atoms with Gasteiger partial charge < -0.3 is 10.2 Å². The SMILES string of the molecule is Cc1nc2cc(N3CCC[C@@H](C4CNC(=O)C4)C3)nc(-c3ccc(Cl)cc3F)c2c(=O)n1C. The van der Waals surface area contributed by atoms with Crippen LogP contribution in [0, 0.1) is 24.6 Å². The Morgan fingerprint density at radius 2 is 2.00 bits per heavy atom. The van der Waals surface area contributed by atoms with Gasteiger partial charge in [-0.1, -0.05) is 11.6 Å². The summed E-state index contributed by atoms with van der Waals surface area (Å²) < 4.78 is 16.4. The van der Waals surface area contributed by atoms with Gasteiger partial charge in [-0.15, -0.1) is 0 Å². The topological polar surface area (TPSA) is 80.1 Å². The molecule has 3 aromatic rings. The number of hydrogen-bond acceptors (Lipinski definition) is 5. The van der Waals surface area contributed by atoms with Gasteiger partial charge >= 0.3 is 0 Å². The van der Waals surface area contributed by atoms with E-state index in [0.717, 1.165) is 25.9 Å². The van der Waals surface area contributed by atoms with Crippen LogP contribution in [0.15, 0.2) is 29.1 Å². The smallest absolute Gasteiger partial charge is 0.263 e. The van der Waals surface area contributed by atoms with Crippen molar-refractivity contribution >= 4 is 34.2 Å². The molecule has 4 heterocycles. The quantitative estimate of drug-likeness (QED) is 0.635. The van der Waals surface area contributed by atoms with Crippen LogP contribution in [0.3, 0.4) is 0 Å². The molecule has 1 amide bonds. The molecule has 1 unspecified atom stereocenters. The van der Waals surface area contributed by atoms with Crippen LogP contribution in [0.2, 0.25) is 5.02 Å². The molecule has 0 saturated carbocycles. The normalized spacial score (nSPS) is 21.0. The van der Waals surface area contributed by atoms with Gasteiger partial charge in [0, 0.05) is 49.8 Å². The van der Waals surface area contributed by atoms with E-state index in [1.54, 1.807) is 26.1 Å². The van der Waals surface area contributed by atoms with Crippen LogP contribution < -0.4 is 15.8 Å². The summed E-state index contributed by atoms with van der Waals surface area (Å²) in [6.45, 7) is 4.03. The number of carbonyl (C=O) groups is 1. The molecule has 2 saturated heterocycles. The molecule has 2 aromatic heterocycles. The van der Waals surface area contributed by atoms with Crippen LogP contribution in [0.25, 0.3) is 22.2 Å². The Balaban J connectivity index is 1.63. The van der Waals surface area contributed by atoms with Crippen LogP contribution in [0.5, 0.6) is 0 Å². The van der Waals surface area contributed by atoms with E-state index in [2.05, 4.69) is 15.2 Å². The Kier molecular flexibility index (Phi) is 5.56. The van der Waals surface area contributed by atoms with E-state index >= 15 is 0 Å². The molecule has 9 heteroatoms. The Morgan fingerprint density at radius 1 is 1.18 bits per heavy atom. The van der Waals surface area contributed by atoms with Gasteiger partial charge in [0.25, 0.3) is 5.56 Å². The van der Waals surface area contributed by atoms with Crippen LogP contribution >= 0.6 is 11.6 Å². The second-order valence-corrected chi connectivity index (χ2v) is 9.42. The number of hydrogen-bond donors (Lipinski definition) is 1. The first-order valence-electron chi connectivity index (χ1n) is 11.2. The minimum absolute atomic E-state index is 0.108. The zero-order valence-electron chi connectivity index (χ0n) is 18.6. The number of nitrogens with zero attached hydrogens (tertiary/aromatic N) is 4. The summed E-state index contributed by atoms with van der Waals surface area (Å²) in [5.41, 5.74) is 0.704. The number of amides is 1. The Bertz CT molecular complexity index is 1320. The van der Waals surface area contributed by atoms with Gasteiger partial charge in [-0.05, 0) is 49.8 Å². The molecular formula is C24H25ClFN5O2. The lowest BCUT2D eigenvalue weighted by Crippen LogP contribution is -2.39. The highest BCUT2D eigenvalue weighted by Gasteiger charge is 2.33. The Morgan fingerprint density at radius 3 is 2.73 bits per heavy atom. The summed E-state index contributed by atoms with van der Waals surface area (Å²) in [4.78, 5) is 36.5. The van der Waals surface area contributed by atoms with Crippen molar-refractivity contribution in [3.63, 3.8) is 0 Å². The maximum Gasteiger partial charge on any atom is 0.263 e. The predicted octanol–water partition coefficient (Wildman–Crippen LogP) is 3.45. The zero-order valence-corrected chi connectivity index (χ0v) is 19.3. The molecular weight excluding hydrogens is 445 g/mol. The summed E-state index contributed by atoms with van der Waals surface area (Å²) in [5, 5.41) is 3.49.